The zero-order valence-corrected chi connectivity index (χ0v) is 14.4. The quantitative estimate of drug-likeness (QED) is 0.810. The molecule has 1 aromatic rings. The van der Waals surface area contributed by atoms with Crippen LogP contribution in [0.25, 0.3) is 0 Å². The van der Waals surface area contributed by atoms with Crippen molar-refractivity contribution in [1.29, 1.82) is 0 Å². The van der Waals surface area contributed by atoms with Gasteiger partial charge in [-0.15, -0.1) is 12.4 Å². The van der Waals surface area contributed by atoms with Gasteiger partial charge in [0.25, 0.3) is 0 Å². The number of hydrogen-bond donors (Lipinski definition) is 2. The Balaban J connectivity index is 0.00000242. The number of carbonyl (C=O) groups is 1. The summed E-state index contributed by atoms with van der Waals surface area (Å²) in [5, 5.41) is 6.40. The van der Waals surface area contributed by atoms with E-state index < -0.39 is 0 Å². The first-order valence-electron chi connectivity index (χ1n) is 8.06. The van der Waals surface area contributed by atoms with Gasteiger partial charge in [-0.2, -0.15) is 0 Å². The van der Waals surface area contributed by atoms with Gasteiger partial charge in [0.2, 0.25) is 5.91 Å². The highest BCUT2D eigenvalue weighted by Gasteiger charge is 2.23. The number of hydrogen-bond acceptors (Lipinski definition) is 3. The summed E-state index contributed by atoms with van der Waals surface area (Å²) in [6.07, 6.45) is 3.20. The van der Waals surface area contributed by atoms with E-state index >= 15 is 0 Å². The van der Waals surface area contributed by atoms with Gasteiger partial charge in [0.15, 0.2) is 0 Å². The van der Waals surface area contributed by atoms with Gasteiger partial charge in [-0.3, -0.25) is 9.69 Å². The van der Waals surface area contributed by atoms with E-state index in [1.165, 1.54) is 5.56 Å². The van der Waals surface area contributed by atoms with Crippen molar-refractivity contribution in [2.24, 2.45) is 0 Å². The normalized spacial score (nSPS) is 17.3. The van der Waals surface area contributed by atoms with Crippen molar-refractivity contribution >= 4 is 24.0 Å². The summed E-state index contributed by atoms with van der Waals surface area (Å²) < 4.78 is 0. The molecule has 1 amide bonds. The van der Waals surface area contributed by atoms with Gasteiger partial charge >= 0.3 is 0 Å². The van der Waals surface area contributed by atoms with Crippen molar-refractivity contribution < 1.29 is 4.79 Å². The predicted molar refractivity (Wildman–Crippen MR) is 94.8 cm³/mol. The Kier molecular flexibility index (Phi) is 8.46. The minimum atomic E-state index is 0. The third kappa shape index (κ3) is 5.59. The molecule has 1 saturated heterocycles. The number of aryl methyl sites for hydroxylation is 1. The van der Waals surface area contributed by atoms with Crippen molar-refractivity contribution in [3.05, 3.63) is 29.8 Å². The summed E-state index contributed by atoms with van der Waals surface area (Å²) in [6.45, 7) is 7.81. The molecule has 22 heavy (non-hydrogen) atoms. The number of amides is 1. The summed E-state index contributed by atoms with van der Waals surface area (Å²) >= 11 is 0. The number of rotatable bonds is 7. The fourth-order valence-electron chi connectivity index (χ4n) is 2.88. The molecule has 1 unspecified atom stereocenters. The van der Waals surface area contributed by atoms with Crippen molar-refractivity contribution in [2.45, 2.75) is 39.2 Å². The Hall–Kier alpha value is -1.10. The first-order valence-corrected chi connectivity index (χ1v) is 8.06. The average Bonchev–Trinajstić information content (AvgIpc) is 3.01. The molecule has 1 aliphatic heterocycles. The monoisotopic (exact) mass is 325 g/mol. The molecule has 0 bridgehead atoms. The zero-order valence-electron chi connectivity index (χ0n) is 13.6. The number of nitrogens with zero attached hydrogens (tertiary/aromatic N) is 1. The van der Waals surface area contributed by atoms with E-state index in [1.807, 2.05) is 12.1 Å². The molecule has 0 aromatic heterocycles. The van der Waals surface area contributed by atoms with Gasteiger partial charge in [0.1, 0.15) is 0 Å². The Morgan fingerprint density at radius 1 is 1.41 bits per heavy atom. The second-order valence-corrected chi connectivity index (χ2v) is 5.72. The van der Waals surface area contributed by atoms with Crippen molar-refractivity contribution in [1.82, 2.24) is 10.2 Å². The van der Waals surface area contributed by atoms with Crippen LogP contribution in [-0.2, 0) is 11.2 Å². The lowest BCUT2D eigenvalue weighted by Crippen LogP contribution is -2.42. The van der Waals surface area contributed by atoms with Crippen molar-refractivity contribution in [3.8, 4) is 0 Å². The van der Waals surface area contributed by atoms with Gasteiger partial charge in [0.05, 0.1) is 6.54 Å². The van der Waals surface area contributed by atoms with Crippen LogP contribution in [0.4, 0.5) is 5.69 Å². The summed E-state index contributed by atoms with van der Waals surface area (Å²) in [5.41, 5.74) is 2.15. The number of carbonyl (C=O) groups excluding carboxylic acids is 1. The number of nitrogens with one attached hydrogen (secondary N) is 2. The molecular weight excluding hydrogens is 298 g/mol. The maximum atomic E-state index is 12.3. The van der Waals surface area contributed by atoms with Crippen LogP contribution in [0.15, 0.2) is 24.3 Å². The topological polar surface area (TPSA) is 44.4 Å². The SMILES string of the molecule is CCCN(CC(=O)Nc1cccc(CC)c1)C1CCNC1.Cl. The highest BCUT2D eigenvalue weighted by atomic mass is 35.5. The highest BCUT2D eigenvalue weighted by Crippen LogP contribution is 2.13. The fourth-order valence-corrected chi connectivity index (χ4v) is 2.88. The van der Waals surface area contributed by atoms with Crippen LogP contribution < -0.4 is 10.6 Å². The largest absolute Gasteiger partial charge is 0.325 e. The van der Waals surface area contributed by atoms with Crippen LogP contribution in [0.1, 0.15) is 32.3 Å². The molecule has 124 valence electrons. The van der Waals surface area contributed by atoms with Crippen LogP contribution >= 0.6 is 12.4 Å². The minimum absolute atomic E-state index is 0. The van der Waals surface area contributed by atoms with Crippen LogP contribution in [0, 0.1) is 0 Å². The molecule has 0 radical (unpaired) electrons. The molecule has 1 aliphatic rings. The molecule has 1 aromatic carbocycles. The van der Waals surface area contributed by atoms with Crippen molar-refractivity contribution in [2.75, 3.05) is 31.5 Å². The molecule has 1 heterocycles. The Morgan fingerprint density at radius 2 is 2.23 bits per heavy atom. The van der Waals surface area contributed by atoms with Gasteiger partial charge < -0.3 is 10.6 Å². The van der Waals surface area contributed by atoms with E-state index in [9.17, 15) is 4.79 Å². The van der Waals surface area contributed by atoms with E-state index in [4.69, 9.17) is 0 Å². The molecule has 2 N–H and O–H groups in total. The Labute approximate surface area is 140 Å². The van der Waals surface area contributed by atoms with Crippen LogP contribution in [0.3, 0.4) is 0 Å². The van der Waals surface area contributed by atoms with Gasteiger partial charge in [0, 0.05) is 18.3 Å². The highest BCUT2D eigenvalue weighted by molar-refractivity contribution is 5.92. The van der Waals surface area contributed by atoms with Gasteiger partial charge in [-0.05, 0) is 50.0 Å². The van der Waals surface area contributed by atoms with Gasteiger partial charge in [-0.25, -0.2) is 0 Å². The Morgan fingerprint density at radius 3 is 2.86 bits per heavy atom. The molecule has 0 aliphatic carbocycles. The molecule has 0 spiro atoms. The lowest BCUT2D eigenvalue weighted by atomic mass is 10.1. The summed E-state index contributed by atoms with van der Waals surface area (Å²) in [4.78, 5) is 14.6. The summed E-state index contributed by atoms with van der Waals surface area (Å²) in [5.74, 6) is 0.0867. The van der Waals surface area contributed by atoms with Gasteiger partial charge in [-0.1, -0.05) is 26.0 Å². The third-order valence-electron chi connectivity index (χ3n) is 4.03. The first kappa shape index (κ1) is 18.9. The second-order valence-electron chi connectivity index (χ2n) is 5.72. The maximum Gasteiger partial charge on any atom is 0.238 e. The molecular formula is C17H28ClN3O. The molecule has 0 saturated carbocycles. The minimum Gasteiger partial charge on any atom is -0.325 e. The molecule has 4 nitrogen and oxygen atoms in total. The van der Waals surface area contributed by atoms with Crippen LogP contribution in [0.2, 0.25) is 0 Å². The number of benzene rings is 1. The Bertz CT molecular complexity index is 461. The molecule has 5 heteroatoms. The lowest BCUT2D eigenvalue weighted by molar-refractivity contribution is -0.117. The fraction of sp³-hybridized carbons (Fsp3) is 0.588. The van der Waals surface area contributed by atoms with E-state index in [-0.39, 0.29) is 18.3 Å². The number of halogens is 1. The summed E-state index contributed by atoms with van der Waals surface area (Å²) in [6, 6.07) is 8.59. The van der Waals surface area contributed by atoms with Crippen molar-refractivity contribution in [3.63, 3.8) is 0 Å². The molecule has 1 fully saturated rings. The first-order chi connectivity index (χ1) is 10.2. The standard InChI is InChI=1S/C17H27N3O.ClH/c1-3-10-20(16-8-9-18-12-16)13-17(21)19-15-7-5-6-14(4-2)11-15;/h5-7,11,16,18H,3-4,8-10,12-13H2,1-2H3,(H,19,21);1H. The van der Waals surface area contributed by atoms with Crippen LogP contribution in [0.5, 0.6) is 0 Å². The second kappa shape index (κ2) is 9.82. The maximum absolute atomic E-state index is 12.3. The molecule has 1 atom stereocenters. The van der Waals surface area contributed by atoms with E-state index in [2.05, 4.69) is 41.5 Å². The van der Waals surface area contributed by atoms with E-state index in [1.54, 1.807) is 0 Å². The smallest absolute Gasteiger partial charge is 0.238 e. The van der Waals surface area contributed by atoms with E-state index in [0.717, 1.165) is 44.6 Å². The average molecular weight is 326 g/mol. The summed E-state index contributed by atoms with van der Waals surface area (Å²) in [7, 11) is 0. The third-order valence-corrected chi connectivity index (χ3v) is 4.03. The van der Waals surface area contributed by atoms with Crippen LogP contribution in [-0.4, -0.2) is 43.0 Å². The lowest BCUT2D eigenvalue weighted by Gasteiger charge is -2.27. The van der Waals surface area contributed by atoms with E-state index in [0.29, 0.717) is 12.6 Å². The number of anilines is 1. The zero-order chi connectivity index (χ0) is 15.1. The predicted octanol–water partition coefficient (Wildman–Crippen LogP) is 2.68. The molecule has 2 rings (SSSR count).